The quantitative estimate of drug-likeness (QED) is 0.451. The second kappa shape index (κ2) is 12.9. The molecule has 3 rings (SSSR count). The number of benzene rings is 1. The molecule has 2 heterocycles. The van der Waals surface area contributed by atoms with Gasteiger partial charge in [-0.3, -0.25) is 19.7 Å². The summed E-state index contributed by atoms with van der Waals surface area (Å²) in [6.07, 6.45) is 1.13. The number of thiophene rings is 1. The predicted molar refractivity (Wildman–Crippen MR) is 135 cm³/mol. The van der Waals surface area contributed by atoms with Crippen LogP contribution in [-0.2, 0) is 25.5 Å². The van der Waals surface area contributed by atoms with Crippen LogP contribution >= 0.6 is 23.1 Å². The molecule has 1 amide bonds. The first kappa shape index (κ1) is 26.2. The summed E-state index contributed by atoms with van der Waals surface area (Å²) in [5.74, 6) is -1.09. The summed E-state index contributed by atoms with van der Waals surface area (Å²) in [5, 5.41) is 14.6. The van der Waals surface area contributed by atoms with Gasteiger partial charge >= 0.3 is 11.9 Å². The van der Waals surface area contributed by atoms with E-state index in [9.17, 15) is 19.5 Å². The highest BCUT2D eigenvalue weighted by Crippen LogP contribution is 2.35. The molecule has 0 aliphatic carbocycles. The van der Waals surface area contributed by atoms with E-state index in [-0.39, 0.29) is 29.6 Å². The number of hydrogen-bond donors (Lipinski definition) is 2. The third-order valence-corrected chi connectivity index (χ3v) is 7.92. The zero-order chi connectivity index (χ0) is 24.5. The molecule has 0 bridgehead atoms. The lowest BCUT2D eigenvalue weighted by Crippen LogP contribution is -2.53. The molecular formula is C25H32N2O5S2. The van der Waals surface area contributed by atoms with E-state index in [1.807, 2.05) is 61.7 Å². The Morgan fingerprint density at radius 3 is 2.62 bits per heavy atom. The first-order chi connectivity index (χ1) is 16.3. The van der Waals surface area contributed by atoms with Gasteiger partial charge in [-0.25, -0.2) is 0 Å². The first-order valence-corrected chi connectivity index (χ1v) is 13.4. The van der Waals surface area contributed by atoms with E-state index in [1.165, 1.54) is 4.90 Å². The van der Waals surface area contributed by atoms with Crippen LogP contribution in [-0.4, -0.2) is 65.4 Å². The molecule has 1 fully saturated rings. The molecule has 0 spiro atoms. The number of carboxylic acids is 1. The number of hydrogen-bond acceptors (Lipinski definition) is 7. The summed E-state index contributed by atoms with van der Waals surface area (Å²) in [4.78, 5) is 40.2. The average Bonchev–Trinajstić information content (AvgIpc) is 3.30. The lowest BCUT2D eigenvalue weighted by Gasteiger charge is -2.27. The van der Waals surface area contributed by atoms with Crippen LogP contribution in [0.4, 0.5) is 0 Å². The Morgan fingerprint density at radius 1 is 1.21 bits per heavy atom. The molecule has 1 aromatic carbocycles. The zero-order valence-electron chi connectivity index (χ0n) is 19.5. The Labute approximate surface area is 208 Å². The topological polar surface area (TPSA) is 95.9 Å². The monoisotopic (exact) mass is 504 g/mol. The number of nitrogens with one attached hydrogen (secondary N) is 1. The van der Waals surface area contributed by atoms with Crippen LogP contribution < -0.4 is 5.32 Å². The Hall–Kier alpha value is -2.36. The minimum absolute atomic E-state index is 0.00855. The molecular weight excluding hydrogens is 472 g/mol. The van der Waals surface area contributed by atoms with Gasteiger partial charge in [-0.15, -0.1) is 23.1 Å². The number of carbonyl (C=O) groups excluding carboxylic acids is 2. The average molecular weight is 505 g/mol. The molecule has 1 saturated heterocycles. The van der Waals surface area contributed by atoms with Crippen molar-refractivity contribution in [2.45, 2.75) is 44.0 Å². The van der Waals surface area contributed by atoms with Gasteiger partial charge in [-0.05, 0) is 35.8 Å². The smallest absolute Gasteiger partial charge is 0.323 e. The number of esters is 1. The number of amides is 1. The summed E-state index contributed by atoms with van der Waals surface area (Å²) >= 11 is 3.21. The molecule has 1 aliphatic rings. The Morgan fingerprint density at radius 2 is 1.97 bits per heavy atom. The number of carboxylic acid groups (broad SMARTS) is 1. The molecule has 2 N–H and O–H groups in total. The fraction of sp³-hybridized carbons (Fsp3) is 0.480. The maximum Gasteiger partial charge on any atom is 0.323 e. The van der Waals surface area contributed by atoms with Crippen molar-refractivity contribution in [3.63, 3.8) is 0 Å². The van der Waals surface area contributed by atoms with Crippen LogP contribution in [0.25, 0.3) is 0 Å². The van der Waals surface area contributed by atoms with Crippen LogP contribution in [0.15, 0.2) is 47.8 Å². The maximum absolute atomic E-state index is 13.3. The van der Waals surface area contributed by atoms with E-state index in [0.29, 0.717) is 31.7 Å². The van der Waals surface area contributed by atoms with Crippen molar-refractivity contribution in [3.8, 4) is 0 Å². The number of aliphatic carboxylic acids is 1. The number of rotatable bonds is 11. The van der Waals surface area contributed by atoms with Gasteiger partial charge in [0.2, 0.25) is 5.91 Å². The molecule has 0 radical (unpaired) electrons. The van der Waals surface area contributed by atoms with Gasteiger partial charge in [-0.2, -0.15) is 0 Å². The van der Waals surface area contributed by atoms with Crippen molar-refractivity contribution in [3.05, 3.63) is 58.3 Å². The predicted octanol–water partition coefficient (Wildman–Crippen LogP) is 3.61. The van der Waals surface area contributed by atoms with E-state index >= 15 is 0 Å². The second-order valence-electron chi connectivity index (χ2n) is 8.77. The second-order valence-corrected chi connectivity index (χ2v) is 11.0. The molecule has 1 aromatic heterocycles. The van der Waals surface area contributed by atoms with Crippen LogP contribution in [0.3, 0.4) is 0 Å². The SMILES string of the molecule is CC(C)COC(=O)C(CCc1ccccc1)NC1CSC(c2cccs2)CN(CC(=O)O)C1=O. The minimum Gasteiger partial charge on any atom is -0.480 e. The van der Waals surface area contributed by atoms with E-state index in [0.717, 1.165) is 10.4 Å². The summed E-state index contributed by atoms with van der Waals surface area (Å²) in [7, 11) is 0. The highest BCUT2D eigenvalue weighted by atomic mass is 32.2. The van der Waals surface area contributed by atoms with Crippen molar-refractivity contribution in [2.24, 2.45) is 5.92 Å². The Kier molecular flexibility index (Phi) is 9.98. The lowest BCUT2D eigenvalue weighted by atomic mass is 10.0. The van der Waals surface area contributed by atoms with Crippen molar-refractivity contribution >= 4 is 40.9 Å². The number of carbonyl (C=O) groups is 3. The van der Waals surface area contributed by atoms with Crippen LogP contribution in [0, 0.1) is 5.92 Å². The van der Waals surface area contributed by atoms with Gasteiger partial charge in [0.25, 0.3) is 0 Å². The molecule has 3 unspecified atom stereocenters. The summed E-state index contributed by atoms with van der Waals surface area (Å²) in [6, 6.07) is 12.5. The zero-order valence-corrected chi connectivity index (χ0v) is 21.1. The molecule has 3 atom stereocenters. The Bertz CT molecular complexity index is 936. The molecule has 184 valence electrons. The van der Waals surface area contributed by atoms with Gasteiger partial charge in [0.1, 0.15) is 12.6 Å². The van der Waals surface area contributed by atoms with E-state index in [2.05, 4.69) is 5.32 Å². The largest absolute Gasteiger partial charge is 0.480 e. The first-order valence-electron chi connectivity index (χ1n) is 11.5. The van der Waals surface area contributed by atoms with E-state index in [4.69, 9.17) is 4.74 Å². The van der Waals surface area contributed by atoms with E-state index in [1.54, 1.807) is 23.1 Å². The molecule has 9 heteroatoms. The normalized spacial score (nSPS) is 19.6. The standard InChI is InChI=1S/C25H32N2O5S2/c1-17(2)15-32-25(31)19(11-10-18-7-4-3-5-8-18)26-20-16-34-22(21-9-6-12-33-21)13-27(24(20)30)14-23(28)29/h3-9,12,17,19-20,22,26H,10-11,13-16H2,1-2H3,(H,28,29). The number of aryl methyl sites for hydroxylation is 1. The third kappa shape index (κ3) is 7.85. The van der Waals surface area contributed by atoms with E-state index < -0.39 is 18.1 Å². The van der Waals surface area contributed by atoms with Crippen molar-refractivity contribution < 1.29 is 24.2 Å². The molecule has 34 heavy (non-hydrogen) atoms. The van der Waals surface area contributed by atoms with Gasteiger partial charge in [0, 0.05) is 17.2 Å². The number of thioether (sulfide) groups is 1. The maximum atomic E-state index is 13.3. The highest BCUT2D eigenvalue weighted by Gasteiger charge is 2.36. The summed E-state index contributed by atoms with van der Waals surface area (Å²) in [5.41, 5.74) is 1.10. The Balaban J connectivity index is 1.76. The van der Waals surface area contributed by atoms with Crippen molar-refractivity contribution in [2.75, 3.05) is 25.4 Å². The number of ether oxygens (including phenoxy) is 1. The van der Waals surface area contributed by atoms with Crippen LogP contribution in [0.5, 0.6) is 0 Å². The summed E-state index contributed by atoms with van der Waals surface area (Å²) in [6.45, 7) is 4.20. The van der Waals surface area contributed by atoms with Gasteiger partial charge in [-0.1, -0.05) is 50.2 Å². The minimum atomic E-state index is -1.05. The van der Waals surface area contributed by atoms with Crippen molar-refractivity contribution in [1.29, 1.82) is 0 Å². The van der Waals surface area contributed by atoms with Gasteiger partial charge in [0.15, 0.2) is 0 Å². The fourth-order valence-corrected chi connectivity index (χ4v) is 6.00. The lowest BCUT2D eigenvalue weighted by molar-refractivity contribution is -0.149. The molecule has 1 aliphatic heterocycles. The highest BCUT2D eigenvalue weighted by molar-refractivity contribution is 7.99. The van der Waals surface area contributed by atoms with Crippen LogP contribution in [0.2, 0.25) is 0 Å². The number of nitrogens with zero attached hydrogens (tertiary/aromatic N) is 1. The van der Waals surface area contributed by atoms with Gasteiger partial charge in [0.05, 0.1) is 17.9 Å². The third-order valence-electron chi connectivity index (χ3n) is 5.46. The summed E-state index contributed by atoms with van der Waals surface area (Å²) < 4.78 is 5.51. The van der Waals surface area contributed by atoms with Crippen molar-refractivity contribution in [1.82, 2.24) is 10.2 Å². The molecule has 2 aromatic rings. The molecule has 7 nitrogen and oxygen atoms in total. The van der Waals surface area contributed by atoms with Crippen LogP contribution in [0.1, 0.15) is 36.0 Å². The molecule has 0 saturated carbocycles. The fourth-order valence-electron chi connectivity index (χ4n) is 3.74. The van der Waals surface area contributed by atoms with Gasteiger partial charge < -0.3 is 14.7 Å².